The lowest BCUT2D eigenvalue weighted by molar-refractivity contribution is -0.141. The maximum Gasteiger partial charge on any atom is 0.325 e. The predicted molar refractivity (Wildman–Crippen MR) is 77.1 cm³/mol. The first kappa shape index (κ1) is 15.4. The molecule has 0 unspecified atom stereocenters. The number of nitrogens with zero attached hydrogens (tertiary/aromatic N) is 2. The van der Waals surface area contributed by atoms with Gasteiger partial charge in [0, 0.05) is 0 Å². The fraction of sp³-hybridized carbons (Fsp3) is 0.214. The number of carboxylic acids is 1. The Bertz CT molecular complexity index is 732. The van der Waals surface area contributed by atoms with Crippen LogP contribution < -0.4 is 10.6 Å². The van der Waals surface area contributed by atoms with Crippen molar-refractivity contribution in [1.29, 1.82) is 0 Å². The maximum atomic E-state index is 11.9. The molecule has 8 heteroatoms. The highest BCUT2D eigenvalue weighted by Crippen LogP contribution is 2.08. The minimum Gasteiger partial charge on any atom is -0.480 e. The lowest BCUT2D eigenvalue weighted by atomic mass is 10.3. The molecule has 1 heterocycles. The Balaban J connectivity index is 1.96. The molecule has 0 spiro atoms. The van der Waals surface area contributed by atoms with Crippen LogP contribution >= 0.6 is 0 Å². The Labute approximate surface area is 125 Å². The van der Waals surface area contributed by atoms with Crippen LogP contribution in [0.2, 0.25) is 0 Å². The third-order valence-electron chi connectivity index (χ3n) is 2.84. The van der Waals surface area contributed by atoms with Crippen LogP contribution in [0.3, 0.4) is 0 Å². The van der Waals surface area contributed by atoms with Crippen LogP contribution in [0.4, 0.5) is 0 Å². The number of fused-ring (bicyclic) bond motifs is 1. The molecule has 1 atom stereocenters. The molecular weight excluding hydrogens is 288 g/mol. The number of nitrogens with one attached hydrogen (secondary N) is 2. The van der Waals surface area contributed by atoms with Crippen molar-refractivity contribution in [2.24, 2.45) is 0 Å². The molecule has 1 aromatic carbocycles. The van der Waals surface area contributed by atoms with Gasteiger partial charge in [0.15, 0.2) is 0 Å². The average Bonchev–Trinajstić information content (AvgIpc) is 2.52. The number of carboxylic acid groups (broad SMARTS) is 1. The topological polar surface area (TPSA) is 121 Å². The SMILES string of the molecule is C[C@H](NC(=O)CNC(=O)c1cnc2ccccc2n1)C(=O)O. The Morgan fingerprint density at radius 2 is 1.91 bits per heavy atom. The molecule has 2 aromatic rings. The molecule has 2 rings (SSSR count). The smallest absolute Gasteiger partial charge is 0.325 e. The zero-order valence-electron chi connectivity index (χ0n) is 11.7. The molecule has 0 fully saturated rings. The van der Waals surface area contributed by atoms with Gasteiger partial charge in [-0.05, 0) is 19.1 Å². The van der Waals surface area contributed by atoms with Gasteiger partial charge in [-0.15, -0.1) is 0 Å². The van der Waals surface area contributed by atoms with Gasteiger partial charge in [-0.1, -0.05) is 12.1 Å². The van der Waals surface area contributed by atoms with Gasteiger partial charge in [0.2, 0.25) is 5.91 Å². The molecule has 0 aliphatic carbocycles. The van der Waals surface area contributed by atoms with Crippen molar-refractivity contribution in [1.82, 2.24) is 20.6 Å². The van der Waals surface area contributed by atoms with E-state index in [4.69, 9.17) is 5.11 Å². The minimum absolute atomic E-state index is 0.0813. The van der Waals surface area contributed by atoms with Gasteiger partial charge in [-0.25, -0.2) is 4.98 Å². The molecule has 0 aliphatic heterocycles. The van der Waals surface area contributed by atoms with Crippen molar-refractivity contribution in [3.8, 4) is 0 Å². The summed E-state index contributed by atoms with van der Waals surface area (Å²) in [6, 6.07) is 6.06. The quantitative estimate of drug-likeness (QED) is 0.712. The Morgan fingerprint density at radius 1 is 1.23 bits per heavy atom. The summed E-state index contributed by atoms with van der Waals surface area (Å²) in [6.45, 7) is 0.988. The third kappa shape index (κ3) is 3.75. The number of para-hydroxylation sites is 2. The number of carbonyl (C=O) groups excluding carboxylic acids is 2. The van der Waals surface area contributed by atoms with E-state index >= 15 is 0 Å². The number of benzene rings is 1. The number of aliphatic carboxylic acids is 1. The van der Waals surface area contributed by atoms with E-state index in [1.54, 1.807) is 18.2 Å². The standard InChI is InChI=1S/C14H14N4O4/c1-8(14(21)22)17-12(19)7-16-13(20)11-6-15-9-4-2-3-5-10(9)18-11/h2-6,8H,7H2,1H3,(H,16,20)(H,17,19)(H,21,22)/t8-/m0/s1. The summed E-state index contributed by atoms with van der Waals surface area (Å²) in [5.41, 5.74) is 1.31. The number of rotatable bonds is 5. The van der Waals surface area contributed by atoms with Gasteiger partial charge in [0.25, 0.3) is 5.91 Å². The van der Waals surface area contributed by atoms with Crippen molar-refractivity contribution in [3.05, 3.63) is 36.2 Å². The van der Waals surface area contributed by atoms with Crippen LogP contribution in [-0.4, -0.2) is 45.4 Å². The average molecular weight is 302 g/mol. The summed E-state index contributed by atoms with van der Waals surface area (Å²) in [5, 5.41) is 13.3. The third-order valence-corrected chi connectivity index (χ3v) is 2.84. The van der Waals surface area contributed by atoms with Crippen molar-refractivity contribution in [2.45, 2.75) is 13.0 Å². The van der Waals surface area contributed by atoms with E-state index in [2.05, 4.69) is 20.6 Å². The zero-order valence-corrected chi connectivity index (χ0v) is 11.7. The maximum absolute atomic E-state index is 11.9. The second kappa shape index (κ2) is 6.61. The molecule has 114 valence electrons. The van der Waals surface area contributed by atoms with Crippen molar-refractivity contribution in [2.75, 3.05) is 6.54 Å². The number of aromatic nitrogens is 2. The molecule has 0 aliphatic rings. The van der Waals surface area contributed by atoms with Crippen LogP contribution in [-0.2, 0) is 9.59 Å². The van der Waals surface area contributed by atoms with Crippen LogP contribution in [0.25, 0.3) is 11.0 Å². The van der Waals surface area contributed by atoms with E-state index in [0.29, 0.717) is 11.0 Å². The van der Waals surface area contributed by atoms with Crippen LogP contribution in [0.1, 0.15) is 17.4 Å². The molecule has 8 nitrogen and oxygen atoms in total. The summed E-state index contributed by atoms with van der Waals surface area (Å²) < 4.78 is 0. The fourth-order valence-corrected chi connectivity index (χ4v) is 1.67. The molecule has 0 saturated heterocycles. The second-order valence-electron chi connectivity index (χ2n) is 4.55. The second-order valence-corrected chi connectivity index (χ2v) is 4.55. The zero-order chi connectivity index (χ0) is 16.1. The van der Waals surface area contributed by atoms with E-state index in [9.17, 15) is 14.4 Å². The van der Waals surface area contributed by atoms with E-state index in [-0.39, 0.29) is 12.2 Å². The summed E-state index contributed by atoms with van der Waals surface area (Å²) in [5.74, 6) is -2.31. The Morgan fingerprint density at radius 3 is 2.59 bits per heavy atom. The molecule has 1 aromatic heterocycles. The summed E-state index contributed by atoms with van der Waals surface area (Å²) in [4.78, 5) is 42.2. The number of hydrogen-bond acceptors (Lipinski definition) is 5. The molecule has 2 amide bonds. The highest BCUT2D eigenvalue weighted by Gasteiger charge is 2.15. The highest BCUT2D eigenvalue weighted by atomic mass is 16.4. The largest absolute Gasteiger partial charge is 0.480 e. The van der Waals surface area contributed by atoms with Gasteiger partial charge in [0.05, 0.1) is 23.8 Å². The van der Waals surface area contributed by atoms with Crippen LogP contribution in [0.5, 0.6) is 0 Å². The van der Waals surface area contributed by atoms with Crippen LogP contribution in [0.15, 0.2) is 30.5 Å². The lowest BCUT2D eigenvalue weighted by Gasteiger charge is -2.09. The molecule has 0 saturated carbocycles. The van der Waals surface area contributed by atoms with Gasteiger partial charge in [0.1, 0.15) is 11.7 Å². The first-order chi connectivity index (χ1) is 10.5. The van der Waals surface area contributed by atoms with E-state index in [1.807, 2.05) is 6.07 Å². The van der Waals surface area contributed by atoms with Crippen LogP contribution in [0, 0.1) is 0 Å². The minimum atomic E-state index is -1.15. The Hall–Kier alpha value is -3.03. The molecule has 3 N–H and O–H groups in total. The predicted octanol–water partition coefficient (Wildman–Crippen LogP) is -0.0511. The van der Waals surface area contributed by atoms with Gasteiger partial charge in [-0.2, -0.15) is 0 Å². The van der Waals surface area contributed by atoms with Crippen molar-refractivity contribution < 1.29 is 19.5 Å². The van der Waals surface area contributed by atoms with E-state index in [1.165, 1.54) is 13.1 Å². The van der Waals surface area contributed by atoms with Gasteiger partial charge < -0.3 is 15.7 Å². The number of carbonyl (C=O) groups is 3. The molecular formula is C14H14N4O4. The van der Waals surface area contributed by atoms with E-state index in [0.717, 1.165) is 0 Å². The van der Waals surface area contributed by atoms with E-state index < -0.39 is 23.8 Å². The monoisotopic (exact) mass is 302 g/mol. The fourth-order valence-electron chi connectivity index (χ4n) is 1.67. The first-order valence-electron chi connectivity index (χ1n) is 6.49. The molecule has 0 bridgehead atoms. The van der Waals surface area contributed by atoms with Crippen molar-refractivity contribution >= 4 is 28.8 Å². The summed E-state index contributed by atoms with van der Waals surface area (Å²) in [6.07, 6.45) is 1.31. The summed E-state index contributed by atoms with van der Waals surface area (Å²) >= 11 is 0. The van der Waals surface area contributed by atoms with Gasteiger partial charge >= 0.3 is 5.97 Å². The highest BCUT2D eigenvalue weighted by molar-refractivity contribution is 5.96. The molecule has 0 radical (unpaired) electrons. The summed E-state index contributed by atoms with van der Waals surface area (Å²) in [7, 11) is 0. The lowest BCUT2D eigenvalue weighted by Crippen LogP contribution is -2.44. The number of amides is 2. The van der Waals surface area contributed by atoms with Gasteiger partial charge in [-0.3, -0.25) is 19.4 Å². The Kier molecular flexibility index (Phi) is 4.62. The van der Waals surface area contributed by atoms with Crippen molar-refractivity contribution in [3.63, 3.8) is 0 Å². The first-order valence-corrected chi connectivity index (χ1v) is 6.49. The molecule has 22 heavy (non-hydrogen) atoms. The normalized spacial score (nSPS) is 11.7. The number of hydrogen-bond donors (Lipinski definition) is 3.